The Labute approximate surface area is 402 Å². The number of hydrogen-bond donors (Lipinski definition) is 0. The minimum absolute atomic E-state index is 0.783. The van der Waals surface area contributed by atoms with E-state index in [1.165, 1.54) is 43.1 Å². The topological polar surface area (TPSA) is 32.8 Å². The van der Waals surface area contributed by atoms with Crippen molar-refractivity contribution in [2.45, 2.75) is 0 Å². The van der Waals surface area contributed by atoms with Crippen LogP contribution in [0, 0.1) is 0 Å². The zero-order valence-corrected chi connectivity index (χ0v) is 37.8. The molecule has 4 heteroatoms. The normalized spacial score (nSPS) is 12.0. The fourth-order valence-corrected chi connectivity index (χ4v) is 11.6. The van der Waals surface area contributed by atoms with Crippen molar-refractivity contribution in [3.8, 4) is 0 Å². The first-order valence-electron chi connectivity index (χ1n) is 23.9. The van der Waals surface area contributed by atoms with Gasteiger partial charge in [-0.15, -0.1) is 0 Å². The molecule has 0 radical (unpaired) electrons. The second kappa shape index (κ2) is 15.1. The first-order valence-corrected chi connectivity index (χ1v) is 23.9. The van der Waals surface area contributed by atoms with Gasteiger partial charge in [0, 0.05) is 61.2 Å². The molecule has 0 unspecified atom stereocenters. The molecule has 0 fully saturated rings. The Morgan fingerprint density at radius 2 is 0.643 bits per heavy atom. The molecule has 2 heterocycles. The van der Waals surface area contributed by atoms with Crippen LogP contribution in [-0.4, -0.2) is 0 Å². The number of para-hydroxylation sites is 2. The molecule has 326 valence electrons. The lowest BCUT2D eigenvalue weighted by atomic mass is 9.97. The molecule has 4 nitrogen and oxygen atoms in total. The molecule has 0 saturated heterocycles. The van der Waals surface area contributed by atoms with Gasteiger partial charge in [-0.05, 0) is 91.6 Å². The van der Waals surface area contributed by atoms with Crippen LogP contribution in [0.1, 0.15) is 0 Å². The summed E-state index contributed by atoms with van der Waals surface area (Å²) in [7, 11) is 0. The molecule has 0 saturated carbocycles. The third-order valence-corrected chi connectivity index (χ3v) is 14.6. The van der Waals surface area contributed by atoms with Gasteiger partial charge in [-0.1, -0.05) is 182 Å². The third-order valence-electron chi connectivity index (χ3n) is 14.6. The van der Waals surface area contributed by atoms with Crippen LogP contribution in [0.15, 0.2) is 251 Å². The maximum absolute atomic E-state index is 7.30. The molecular weight excluding hydrogens is 853 g/mol. The van der Waals surface area contributed by atoms with Gasteiger partial charge >= 0.3 is 0 Å². The van der Waals surface area contributed by atoms with Crippen LogP contribution in [0.3, 0.4) is 0 Å². The van der Waals surface area contributed by atoms with E-state index in [4.69, 9.17) is 8.83 Å². The van der Waals surface area contributed by atoms with E-state index < -0.39 is 0 Å². The number of rotatable bonds is 6. The molecule has 15 rings (SSSR count). The Morgan fingerprint density at radius 3 is 1.19 bits per heavy atom. The predicted octanol–water partition coefficient (Wildman–Crippen LogP) is 19.3. The highest BCUT2D eigenvalue weighted by molar-refractivity contribution is 6.32. The van der Waals surface area contributed by atoms with Gasteiger partial charge in [0.25, 0.3) is 0 Å². The highest BCUT2D eigenvalue weighted by Gasteiger charge is 2.26. The van der Waals surface area contributed by atoms with Crippen LogP contribution < -0.4 is 9.80 Å². The number of anilines is 6. The van der Waals surface area contributed by atoms with Crippen molar-refractivity contribution in [3.05, 3.63) is 243 Å². The Hall–Kier alpha value is -9.38. The summed E-state index contributed by atoms with van der Waals surface area (Å²) in [5, 5.41) is 18.3. The molecule has 0 N–H and O–H groups in total. The van der Waals surface area contributed by atoms with Crippen molar-refractivity contribution in [1.82, 2.24) is 0 Å². The minimum Gasteiger partial charge on any atom is -0.456 e. The minimum atomic E-state index is 0.783. The van der Waals surface area contributed by atoms with E-state index in [9.17, 15) is 0 Å². The summed E-state index contributed by atoms with van der Waals surface area (Å²) in [6.45, 7) is 0. The lowest BCUT2D eigenvalue weighted by Crippen LogP contribution is -2.11. The average molecular weight is 893 g/mol. The van der Waals surface area contributed by atoms with Crippen LogP contribution >= 0.6 is 0 Å². The lowest BCUT2D eigenvalue weighted by Gasteiger charge is -2.28. The Kier molecular flexibility index (Phi) is 8.33. The summed E-state index contributed by atoms with van der Waals surface area (Å²) >= 11 is 0. The van der Waals surface area contributed by atoms with Crippen LogP contribution in [-0.2, 0) is 0 Å². The van der Waals surface area contributed by atoms with E-state index in [0.29, 0.717) is 0 Å². The number of furan rings is 2. The zero-order valence-electron chi connectivity index (χ0n) is 37.8. The fourth-order valence-electron chi connectivity index (χ4n) is 11.6. The second-order valence-corrected chi connectivity index (χ2v) is 18.3. The first-order chi connectivity index (χ1) is 34.7. The molecule has 0 bridgehead atoms. The molecule has 0 amide bonds. The molecule has 0 aliphatic heterocycles. The van der Waals surface area contributed by atoms with Gasteiger partial charge in [0.2, 0.25) is 0 Å². The van der Waals surface area contributed by atoms with Crippen molar-refractivity contribution in [3.63, 3.8) is 0 Å². The van der Waals surface area contributed by atoms with Crippen LogP contribution in [0.25, 0.3) is 109 Å². The van der Waals surface area contributed by atoms with Gasteiger partial charge in [0.1, 0.15) is 22.3 Å². The highest BCUT2D eigenvalue weighted by Crippen LogP contribution is 2.51. The van der Waals surface area contributed by atoms with E-state index in [2.05, 4.69) is 252 Å². The molecular formula is C66H40N2O2. The quantitative estimate of drug-likeness (QED) is 0.156. The molecule has 2 aromatic heterocycles. The standard InChI is InChI=1S/C66H40N2O2/c1-3-19-43(20-4-1)67(56-31-15-29-47-45-23-9-7-17-41(45)33-35-51(47)56)58-39-61-63(53-27-13-11-25-49(53)58)55-37-38-60-65(66(55)70-61)64-54-28-14-12-26-50(54)59(40-62(64)69-60)68(44-21-5-2-6-22-44)57-32-16-30-48-46-24-10-8-18-42(46)34-36-52(48)57/h1-40H. The lowest BCUT2D eigenvalue weighted by molar-refractivity contribution is 0.663. The van der Waals surface area contributed by atoms with E-state index in [1.807, 2.05) is 0 Å². The molecule has 70 heavy (non-hydrogen) atoms. The van der Waals surface area contributed by atoms with Crippen molar-refractivity contribution in [2.75, 3.05) is 9.80 Å². The third kappa shape index (κ3) is 5.65. The van der Waals surface area contributed by atoms with Gasteiger partial charge in [-0.2, -0.15) is 0 Å². The van der Waals surface area contributed by atoms with Crippen molar-refractivity contribution in [1.29, 1.82) is 0 Å². The van der Waals surface area contributed by atoms with Crippen LogP contribution in [0.4, 0.5) is 34.1 Å². The van der Waals surface area contributed by atoms with Crippen molar-refractivity contribution < 1.29 is 8.83 Å². The van der Waals surface area contributed by atoms with E-state index >= 15 is 0 Å². The molecule has 15 aromatic rings. The van der Waals surface area contributed by atoms with Gasteiger partial charge in [0.05, 0.1) is 28.1 Å². The van der Waals surface area contributed by atoms with E-state index in [1.54, 1.807) is 0 Å². The monoisotopic (exact) mass is 892 g/mol. The van der Waals surface area contributed by atoms with E-state index in [-0.39, 0.29) is 0 Å². The SMILES string of the molecule is c1ccc(N(c2cccc3c2ccc2ccccc23)c2cc3oc4c(ccc5oc6cc(N(c7ccccc7)c7cccc8c7ccc7ccccc78)c7ccccc7c6c54)c3c3ccccc23)cc1. The van der Waals surface area contributed by atoms with Crippen LogP contribution in [0.5, 0.6) is 0 Å². The Morgan fingerprint density at radius 1 is 0.229 bits per heavy atom. The Bertz CT molecular complexity index is 4610. The molecule has 0 atom stereocenters. The molecule has 0 aliphatic carbocycles. The number of fused-ring (bicyclic) bond motifs is 17. The van der Waals surface area contributed by atoms with Crippen LogP contribution in [0.2, 0.25) is 0 Å². The fraction of sp³-hybridized carbons (Fsp3) is 0. The maximum Gasteiger partial charge on any atom is 0.147 e. The van der Waals surface area contributed by atoms with Crippen molar-refractivity contribution >= 4 is 143 Å². The number of benzene rings is 13. The molecule has 0 spiro atoms. The first kappa shape index (κ1) is 38.7. The summed E-state index contributed by atoms with van der Waals surface area (Å²) in [6, 6.07) is 87.3. The summed E-state index contributed by atoms with van der Waals surface area (Å²) in [6.07, 6.45) is 0. The largest absolute Gasteiger partial charge is 0.456 e. The van der Waals surface area contributed by atoms with Crippen molar-refractivity contribution in [2.24, 2.45) is 0 Å². The average Bonchev–Trinajstić information content (AvgIpc) is 4.00. The number of nitrogens with zero attached hydrogens (tertiary/aromatic N) is 2. The van der Waals surface area contributed by atoms with Gasteiger partial charge < -0.3 is 18.6 Å². The van der Waals surface area contributed by atoms with Gasteiger partial charge in [-0.3, -0.25) is 0 Å². The second-order valence-electron chi connectivity index (χ2n) is 18.3. The smallest absolute Gasteiger partial charge is 0.147 e. The summed E-state index contributed by atoms with van der Waals surface area (Å²) in [5.41, 5.74) is 9.61. The molecule has 0 aliphatic rings. The zero-order chi connectivity index (χ0) is 45.9. The maximum atomic E-state index is 7.30. The van der Waals surface area contributed by atoms with Gasteiger partial charge in [0.15, 0.2) is 0 Å². The molecule has 13 aromatic carbocycles. The Balaban J connectivity index is 0.989. The summed E-state index contributed by atoms with van der Waals surface area (Å²) < 4.78 is 14.3. The highest BCUT2D eigenvalue weighted by atomic mass is 16.3. The summed E-state index contributed by atoms with van der Waals surface area (Å²) in [4.78, 5) is 4.80. The predicted molar refractivity (Wildman–Crippen MR) is 295 cm³/mol. The summed E-state index contributed by atoms with van der Waals surface area (Å²) in [5.74, 6) is 0. The van der Waals surface area contributed by atoms with Gasteiger partial charge in [-0.25, -0.2) is 0 Å². The van der Waals surface area contributed by atoms with E-state index in [0.717, 1.165) is 99.5 Å². The number of hydrogen-bond acceptors (Lipinski definition) is 4.